The Morgan fingerprint density at radius 1 is 0.319 bits per heavy atom. The van der Waals surface area contributed by atoms with Crippen LogP contribution in [0.4, 0.5) is 0 Å². The highest BCUT2D eigenvalue weighted by molar-refractivity contribution is 7.47. The highest BCUT2D eigenvalue weighted by Gasteiger charge is 2.30. The molecule has 0 saturated heterocycles. The van der Waals surface area contributed by atoms with Crippen LogP contribution in [0.25, 0.3) is 0 Å². The van der Waals surface area contributed by atoms with Gasteiger partial charge in [0.15, 0.2) is 12.2 Å². The molecular formula is C72H140O17P2. The van der Waals surface area contributed by atoms with Gasteiger partial charge in [-0.25, -0.2) is 9.13 Å². The van der Waals surface area contributed by atoms with E-state index in [2.05, 4.69) is 41.5 Å². The lowest BCUT2D eigenvalue weighted by Gasteiger charge is -2.21. The summed E-state index contributed by atoms with van der Waals surface area (Å²) in [6.45, 7) is 9.57. The van der Waals surface area contributed by atoms with Crippen LogP contribution in [0, 0.1) is 11.8 Å². The van der Waals surface area contributed by atoms with Gasteiger partial charge in [-0.15, -0.1) is 0 Å². The average Bonchev–Trinajstić information content (AvgIpc) is 3.69. The Labute approximate surface area is 556 Å². The third kappa shape index (κ3) is 65.1. The Hall–Kier alpha value is -1.94. The summed E-state index contributed by atoms with van der Waals surface area (Å²) < 4.78 is 68.3. The molecule has 0 aliphatic heterocycles. The van der Waals surface area contributed by atoms with E-state index in [0.717, 1.165) is 108 Å². The molecule has 0 rings (SSSR count). The monoisotopic (exact) mass is 1340 g/mol. The van der Waals surface area contributed by atoms with Crippen molar-refractivity contribution in [3.8, 4) is 0 Å². The number of unbranched alkanes of at least 4 members (excludes halogenated alkanes) is 40. The first-order valence-corrected chi connectivity index (χ1v) is 40.5. The molecule has 0 bridgehead atoms. The van der Waals surface area contributed by atoms with Crippen molar-refractivity contribution in [2.45, 2.75) is 387 Å². The van der Waals surface area contributed by atoms with Gasteiger partial charge in [0.25, 0.3) is 0 Å². The maximum absolute atomic E-state index is 13.0. The first-order chi connectivity index (χ1) is 43.9. The number of carbonyl (C=O) groups is 4. The summed E-state index contributed by atoms with van der Waals surface area (Å²) in [7, 11) is -9.90. The van der Waals surface area contributed by atoms with Crippen LogP contribution in [0.15, 0.2) is 0 Å². The van der Waals surface area contributed by atoms with Gasteiger partial charge >= 0.3 is 39.5 Å². The third-order valence-corrected chi connectivity index (χ3v) is 19.0. The molecule has 0 radical (unpaired) electrons. The molecule has 0 saturated carbocycles. The minimum Gasteiger partial charge on any atom is -0.462 e. The van der Waals surface area contributed by atoms with Crippen molar-refractivity contribution < 1.29 is 80.2 Å². The van der Waals surface area contributed by atoms with Gasteiger partial charge in [-0.05, 0) is 37.5 Å². The molecule has 91 heavy (non-hydrogen) atoms. The Bertz CT molecular complexity index is 1770. The number of phosphoric ester groups is 2. The van der Waals surface area contributed by atoms with Gasteiger partial charge in [0.2, 0.25) is 0 Å². The van der Waals surface area contributed by atoms with E-state index in [9.17, 15) is 43.2 Å². The van der Waals surface area contributed by atoms with Gasteiger partial charge in [0, 0.05) is 25.7 Å². The fourth-order valence-corrected chi connectivity index (χ4v) is 12.5. The topological polar surface area (TPSA) is 237 Å². The molecule has 540 valence electrons. The molecular weight excluding hydrogens is 1200 g/mol. The number of hydrogen-bond acceptors (Lipinski definition) is 15. The standard InChI is InChI=1S/C72H140O17P2/c1-7-10-12-14-16-18-19-27-30-38-44-50-56-71(76)88-67(60-82-69(74)54-48-42-36-17-15-13-11-8-2)62-86-90(78,79)84-58-66(73)59-85-91(80,81)87-63-68(61-83-70(75)55-49-43-37-33-32-35-41-47-53-65(6)9-3)89-72(77)57-51-45-39-31-28-25-23-21-20-22-24-26-29-34-40-46-52-64(4)5/h64-68,73H,7-63H2,1-6H3,(H,78,79)(H,80,81)/t65?,66-,67+,68+/m0/s1. The second-order valence-electron chi connectivity index (χ2n) is 26.7. The number of rotatable bonds is 71. The Morgan fingerprint density at radius 3 is 0.835 bits per heavy atom. The van der Waals surface area contributed by atoms with E-state index in [0.29, 0.717) is 25.7 Å². The zero-order chi connectivity index (χ0) is 67.2. The van der Waals surface area contributed by atoms with E-state index in [1.807, 2.05) is 0 Å². The third-order valence-electron chi connectivity index (χ3n) is 17.1. The summed E-state index contributed by atoms with van der Waals surface area (Å²) in [4.78, 5) is 72.5. The van der Waals surface area contributed by atoms with Crippen LogP contribution in [0.5, 0.6) is 0 Å². The molecule has 0 aromatic carbocycles. The number of hydrogen-bond donors (Lipinski definition) is 3. The number of ether oxygens (including phenoxy) is 4. The molecule has 0 aromatic rings. The smallest absolute Gasteiger partial charge is 0.462 e. The predicted molar refractivity (Wildman–Crippen MR) is 368 cm³/mol. The number of esters is 4. The van der Waals surface area contributed by atoms with Gasteiger partial charge in [-0.1, -0.05) is 318 Å². The average molecular weight is 1340 g/mol. The van der Waals surface area contributed by atoms with Gasteiger partial charge in [-0.2, -0.15) is 0 Å². The predicted octanol–water partition coefficient (Wildman–Crippen LogP) is 20.8. The Kier molecular flexibility index (Phi) is 62.7. The van der Waals surface area contributed by atoms with E-state index >= 15 is 0 Å². The van der Waals surface area contributed by atoms with Gasteiger partial charge < -0.3 is 33.8 Å². The highest BCUT2D eigenvalue weighted by Crippen LogP contribution is 2.45. The number of carbonyl (C=O) groups excluding carboxylic acids is 4. The van der Waals surface area contributed by atoms with Crippen LogP contribution in [0.2, 0.25) is 0 Å². The van der Waals surface area contributed by atoms with Crippen molar-refractivity contribution in [3.63, 3.8) is 0 Å². The molecule has 3 unspecified atom stereocenters. The SMILES string of the molecule is CCCCCCCCCCCCCCC(=O)O[C@H](COC(=O)CCCCCCCCCC)COP(=O)(O)OC[C@H](O)COP(=O)(O)OC[C@@H](COC(=O)CCCCCCCCCCC(C)CC)OC(=O)CCCCCCCCCCCCCCCCCCC(C)C. The largest absolute Gasteiger partial charge is 0.472 e. The van der Waals surface area contributed by atoms with E-state index in [1.165, 1.54) is 180 Å². The summed E-state index contributed by atoms with van der Waals surface area (Å²) >= 11 is 0. The Balaban J connectivity index is 5.20. The molecule has 0 heterocycles. The maximum Gasteiger partial charge on any atom is 0.472 e. The fraction of sp³-hybridized carbons (Fsp3) is 0.944. The van der Waals surface area contributed by atoms with Gasteiger partial charge in [0.05, 0.1) is 26.4 Å². The van der Waals surface area contributed by atoms with Crippen LogP contribution in [0.3, 0.4) is 0 Å². The number of aliphatic hydroxyl groups is 1. The second-order valence-corrected chi connectivity index (χ2v) is 29.6. The zero-order valence-electron chi connectivity index (χ0n) is 59.1. The lowest BCUT2D eigenvalue weighted by molar-refractivity contribution is -0.161. The quantitative estimate of drug-likeness (QED) is 0.0222. The molecule has 19 heteroatoms. The van der Waals surface area contributed by atoms with E-state index in [-0.39, 0.29) is 25.7 Å². The summed E-state index contributed by atoms with van der Waals surface area (Å²) in [5.74, 6) is -0.537. The van der Waals surface area contributed by atoms with E-state index in [4.69, 9.17) is 37.0 Å². The van der Waals surface area contributed by atoms with Gasteiger partial charge in [0.1, 0.15) is 19.3 Å². The molecule has 3 N–H and O–H groups in total. The van der Waals surface area contributed by atoms with Crippen LogP contribution in [-0.2, 0) is 65.4 Å². The summed E-state index contributed by atoms with van der Waals surface area (Å²) in [5, 5.41) is 10.6. The fourth-order valence-electron chi connectivity index (χ4n) is 10.9. The van der Waals surface area contributed by atoms with Crippen molar-refractivity contribution in [2.24, 2.45) is 11.8 Å². The molecule has 0 aromatic heterocycles. The summed E-state index contributed by atoms with van der Waals surface area (Å²) in [6.07, 6.45) is 49.9. The van der Waals surface area contributed by atoms with Crippen LogP contribution in [-0.4, -0.2) is 96.7 Å². The minimum atomic E-state index is -4.95. The molecule has 0 spiro atoms. The van der Waals surface area contributed by atoms with Crippen molar-refractivity contribution in [3.05, 3.63) is 0 Å². The maximum atomic E-state index is 13.0. The lowest BCUT2D eigenvalue weighted by Crippen LogP contribution is -2.30. The highest BCUT2D eigenvalue weighted by atomic mass is 31.2. The van der Waals surface area contributed by atoms with Crippen LogP contribution in [0.1, 0.15) is 369 Å². The van der Waals surface area contributed by atoms with Crippen molar-refractivity contribution in [2.75, 3.05) is 39.6 Å². The van der Waals surface area contributed by atoms with Crippen molar-refractivity contribution in [1.82, 2.24) is 0 Å². The van der Waals surface area contributed by atoms with Crippen LogP contribution < -0.4 is 0 Å². The van der Waals surface area contributed by atoms with Gasteiger partial charge in [-0.3, -0.25) is 37.3 Å². The molecule has 0 aliphatic carbocycles. The molecule has 0 amide bonds. The molecule has 0 aliphatic rings. The Morgan fingerprint density at radius 2 is 0.560 bits per heavy atom. The van der Waals surface area contributed by atoms with E-state index in [1.54, 1.807) is 0 Å². The molecule has 0 fully saturated rings. The lowest BCUT2D eigenvalue weighted by atomic mass is 9.99. The second kappa shape index (κ2) is 64.1. The number of aliphatic hydroxyl groups excluding tert-OH is 1. The van der Waals surface area contributed by atoms with Crippen molar-refractivity contribution >= 4 is 39.5 Å². The summed E-state index contributed by atoms with van der Waals surface area (Å²) in [5.41, 5.74) is 0. The number of phosphoric acid groups is 2. The zero-order valence-corrected chi connectivity index (χ0v) is 60.9. The van der Waals surface area contributed by atoms with E-state index < -0.39 is 97.5 Å². The summed E-state index contributed by atoms with van der Waals surface area (Å²) in [6, 6.07) is 0. The first kappa shape index (κ1) is 89.1. The first-order valence-electron chi connectivity index (χ1n) is 37.5. The van der Waals surface area contributed by atoms with Crippen LogP contribution >= 0.6 is 15.6 Å². The minimum absolute atomic E-state index is 0.107. The normalized spacial score (nSPS) is 14.4. The van der Waals surface area contributed by atoms with Crippen molar-refractivity contribution in [1.29, 1.82) is 0 Å². The molecule has 17 nitrogen and oxygen atoms in total. The molecule has 6 atom stereocenters.